The quantitative estimate of drug-likeness (QED) is 0.843. The third-order valence-electron chi connectivity index (χ3n) is 2.26. The Balaban J connectivity index is 3.06. The van der Waals surface area contributed by atoms with Crippen LogP contribution in [0.25, 0.3) is 0 Å². The van der Waals surface area contributed by atoms with E-state index in [9.17, 15) is 9.59 Å². The normalized spacial score (nSPS) is 9.76. The molecule has 1 aromatic carbocycles. The van der Waals surface area contributed by atoms with E-state index in [0.717, 1.165) is 0 Å². The highest BCUT2D eigenvalue weighted by Gasteiger charge is 2.16. The number of carboxylic acids is 1. The second-order valence-electron chi connectivity index (χ2n) is 3.34. The zero-order chi connectivity index (χ0) is 12.8. The lowest BCUT2D eigenvalue weighted by atomic mass is 10.0. The smallest absolute Gasteiger partial charge is 0.411 e. The Bertz CT molecular complexity index is 429. The van der Waals surface area contributed by atoms with Crippen molar-refractivity contribution in [1.29, 1.82) is 0 Å². The van der Waals surface area contributed by atoms with Gasteiger partial charge in [-0.3, -0.25) is 5.32 Å². The van der Waals surface area contributed by atoms with Crippen LogP contribution in [0.1, 0.15) is 29.8 Å². The van der Waals surface area contributed by atoms with Gasteiger partial charge in [-0.2, -0.15) is 0 Å². The minimum Gasteiger partial charge on any atom is -0.478 e. The van der Waals surface area contributed by atoms with E-state index in [1.807, 2.05) is 6.92 Å². The van der Waals surface area contributed by atoms with Crippen LogP contribution in [0, 0.1) is 0 Å². The largest absolute Gasteiger partial charge is 0.478 e. The SMILES string of the molecule is CCOC(=O)Nc1cccc(CC)c1C(=O)O. The predicted octanol–water partition coefficient (Wildman–Crippen LogP) is 2.52. The second-order valence-corrected chi connectivity index (χ2v) is 3.34. The van der Waals surface area contributed by atoms with Crippen LogP contribution in [0.5, 0.6) is 0 Å². The lowest BCUT2D eigenvalue weighted by molar-refractivity contribution is 0.0697. The number of hydrogen-bond acceptors (Lipinski definition) is 3. The number of amides is 1. The first-order chi connectivity index (χ1) is 8.10. The Morgan fingerprint density at radius 2 is 2.06 bits per heavy atom. The van der Waals surface area contributed by atoms with Crippen molar-refractivity contribution in [3.8, 4) is 0 Å². The zero-order valence-electron chi connectivity index (χ0n) is 9.82. The topological polar surface area (TPSA) is 75.6 Å². The number of aromatic carboxylic acids is 1. The van der Waals surface area contributed by atoms with Crippen LogP contribution in [0.4, 0.5) is 10.5 Å². The summed E-state index contributed by atoms with van der Waals surface area (Å²) >= 11 is 0. The van der Waals surface area contributed by atoms with Gasteiger partial charge in [-0.25, -0.2) is 9.59 Å². The summed E-state index contributed by atoms with van der Waals surface area (Å²) in [4.78, 5) is 22.4. The fraction of sp³-hybridized carbons (Fsp3) is 0.333. The Kier molecular flexibility index (Phi) is 4.51. The van der Waals surface area contributed by atoms with Gasteiger partial charge in [-0.05, 0) is 25.0 Å². The van der Waals surface area contributed by atoms with E-state index in [4.69, 9.17) is 9.84 Å². The van der Waals surface area contributed by atoms with Gasteiger partial charge < -0.3 is 9.84 Å². The van der Waals surface area contributed by atoms with Crippen LogP contribution in [0.3, 0.4) is 0 Å². The third kappa shape index (κ3) is 3.21. The minimum absolute atomic E-state index is 0.114. The number of carboxylic acid groups (broad SMARTS) is 1. The van der Waals surface area contributed by atoms with E-state index in [1.165, 1.54) is 0 Å². The molecule has 1 aromatic rings. The number of nitrogens with one attached hydrogen (secondary N) is 1. The van der Waals surface area contributed by atoms with Gasteiger partial charge in [-0.1, -0.05) is 19.1 Å². The molecule has 5 nitrogen and oxygen atoms in total. The summed E-state index contributed by atoms with van der Waals surface area (Å²) in [6, 6.07) is 4.96. The first kappa shape index (κ1) is 13.0. The number of ether oxygens (including phenoxy) is 1. The van der Waals surface area contributed by atoms with E-state index in [2.05, 4.69) is 5.32 Å². The molecule has 2 N–H and O–H groups in total. The Hall–Kier alpha value is -2.04. The molecular formula is C12H15NO4. The van der Waals surface area contributed by atoms with Gasteiger partial charge in [0, 0.05) is 0 Å². The molecule has 0 fully saturated rings. The van der Waals surface area contributed by atoms with Crippen molar-refractivity contribution in [2.45, 2.75) is 20.3 Å². The van der Waals surface area contributed by atoms with Crippen LogP contribution in [0.2, 0.25) is 0 Å². The zero-order valence-corrected chi connectivity index (χ0v) is 9.82. The molecule has 0 saturated carbocycles. The molecule has 1 rings (SSSR count). The number of anilines is 1. The number of carbonyl (C=O) groups excluding carboxylic acids is 1. The maximum atomic E-state index is 11.3. The van der Waals surface area contributed by atoms with Crippen LogP contribution in [0.15, 0.2) is 18.2 Å². The Morgan fingerprint density at radius 3 is 2.59 bits per heavy atom. The molecule has 17 heavy (non-hydrogen) atoms. The highest BCUT2D eigenvalue weighted by atomic mass is 16.5. The van der Waals surface area contributed by atoms with Gasteiger partial charge in [0.2, 0.25) is 0 Å². The molecule has 0 radical (unpaired) electrons. The van der Waals surface area contributed by atoms with E-state index in [-0.39, 0.29) is 17.9 Å². The first-order valence-electron chi connectivity index (χ1n) is 5.39. The van der Waals surface area contributed by atoms with Crippen LogP contribution >= 0.6 is 0 Å². The fourth-order valence-corrected chi connectivity index (χ4v) is 1.53. The van der Waals surface area contributed by atoms with Crippen molar-refractivity contribution in [3.05, 3.63) is 29.3 Å². The molecule has 5 heteroatoms. The highest BCUT2D eigenvalue weighted by molar-refractivity contribution is 6.00. The molecular weight excluding hydrogens is 222 g/mol. The maximum Gasteiger partial charge on any atom is 0.411 e. The van der Waals surface area contributed by atoms with Crippen molar-refractivity contribution in [1.82, 2.24) is 0 Å². The predicted molar refractivity (Wildman–Crippen MR) is 63.4 cm³/mol. The maximum absolute atomic E-state index is 11.3. The van der Waals surface area contributed by atoms with Crippen molar-refractivity contribution in [3.63, 3.8) is 0 Å². The Labute approximate surface area is 99.4 Å². The van der Waals surface area contributed by atoms with Crippen LogP contribution < -0.4 is 5.32 Å². The summed E-state index contributed by atoms with van der Waals surface area (Å²) in [6.45, 7) is 3.78. The molecule has 0 aliphatic heterocycles. The summed E-state index contributed by atoms with van der Waals surface area (Å²) in [7, 11) is 0. The summed E-state index contributed by atoms with van der Waals surface area (Å²) in [5.41, 5.74) is 1.05. The van der Waals surface area contributed by atoms with E-state index in [0.29, 0.717) is 12.0 Å². The molecule has 0 atom stereocenters. The highest BCUT2D eigenvalue weighted by Crippen LogP contribution is 2.20. The van der Waals surface area contributed by atoms with Gasteiger partial charge in [0.15, 0.2) is 0 Å². The number of rotatable bonds is 4. The molecule has 0 spiro atoms. The van der Waals surface area contributed by atoms with Gasteiger partial charge in [0.1, 0.15) is 0 Å². The first-order valence-corrected chi connectivity index (χ1v) is 5.39. The summed E-state index contributed by atoms with van der Waals surface area (Å²) in [5, 5.41) is 11.6. The molecule has 0 saturated heterocycles. The number of hydrogen-bond donors (Lipinski definition) is 2. The summed E-state index contributed by atoms with van der Waals surface area (Å²) < 4.78 is 4.71. The lowest BCUT2D eigenvalue weighted by Crippen LogP contribution is -2.16. The molecule has 0 bridgehead atoms. The van der Waals surface area contributed by atoms with E-state index in [1.54, 1.807) is 25.1 Å². The van der Waals surface area contributed by atoms with Crippen molar-refractivity contribution in [2.75, 3.05) is 11.9 Å². The molecule has 0 aromatic heterocycles. The van der Waals surface area contributed by atoms with Crippen molar-refractivity contribution >= 4 is 17.7 Å². The van der Waals surface area contributed by atoms with Gasteiger partial charge >= 0.3 is 12.1 Å². The van der Waals surface area contributed by atoms with E-state index >= 15 is 0 Å². The molecule has 1 amide bonds. The molecule has 0 heterocycles. The summed E-state index contributed by atoms with van der Waals surface area (Å²) in [5.74, 6) is -1.06. The van der Waals surface area contributed by atoms with E-state index < -0.39 is 12.1 Å². The van der Waals surface area contributed by atoms with Gasteiger partial charge in [-0.15, -0.1) is 0 Å². The standard InChI is InChI=1S/C12H15NO4/c1-3-8-6-5-7-9(10(8)11(14)15)13-12(16)17-4-2/h5-7H,3-4H2,1-2H3,(H,13,16)(H,14,15). The third-order valence-corrected chi connectivity index (χ3v) is 2.26. The fourth-order valence-electron chi connectivity index (χ4n) is 1.53. The second kappa shape index (κ2) is 5.89. The van der Waals surface area contributed by atoms with Crippen molar-refractivity contribution in [2.24, 2.45) is 0 Å². The van der Waals surface area contributed by atoms with Crippen molar-refractivity contribution < 1.29 is 19.4 Å². The van der Waals surface area contributed by atoms with Gasteiger partial charge in [0.25, 0.3) is 0 Å². The van der Waals surface area contributed by atoms with Crippen LogP contribution in [-0.2, 0) is 11.2 Å². The lowest BCUT2D eigenvalue weighted by Gasteiger charge is -2.11. The Morgan fingerprint density at radius 1 is 1.35 bits per heavy atom. The number of carbonyl (C=O) groups is 2. The molecule has 0 aliphatic carbocycles. The molecule has 0 unspecified atom stereocenters. The van der Waals surface area contributed by atoms with Gasteiger partial charge in [0.05, 0.1) is 17.9 Å². The number of aryl methyl sites for hydroxylation is 1. The summed E-state index contributed by atoms with van der Waals surface area (Å²) in [6.07, 6.45) is -0.0665. The minimum atomic E-state index is -1.06. The molecule has 92 valence electrons. The average Bonchev–Trinajstić information content (AvgIpc) is 2.28. The average molecular weight is 237 g/mol. The molecule has 0 aliphatic rings. The monoisotopic (exact) mass is 237 g/mol. The van der Waals surface area contributed by atoms with Crippen LogP contribution in [-0.4, -0.2) is 23.8 Å². The number of benzene rings is 1.